The van der Waals surface area contributed by atoms with Crippen molar-refractivity contribution >= 4 is 40.5 Å². The summed E-state index contributed by atoms with van der Waals surface area (Å²) in [5.74, 6) is -4.00. The van der Waals surface area contributed by atoms with E-state index in [1.807, 2.05) is 24.3 Å². The van der Waals surface area contributed by atoms with Crippen LogP contribution >= 0.6 is 0 Å². The van der Waals surface area contributed by atoms with E-state index in [9.17, 15) is 29.1 Å². The second kappa shape index (κ2) is 13.9. The number of aromatic nitrogens is 1. The first-order valence-electron chi connectivity index (χ1n) is 12.8. The molecule has 2 aromatic carbocycles. The third kappa shape index (κ3) is 8.40. The lowest BCUT2D eigenvalue weighted by Gasteiger charge is -2.23. The molecule has 4 unspecified atom stereocenters. The van der Waals surface area contributed by atoms with Gasteiger partial charge in [-0.25, -0.2) is 4.79 Å². The van der Waals surface area contributed by atoms with Crippen LogP contribution in [-0.4, -0.2) is 63.9 Å². The van der Waals surface area contributed by atoms with E-state index in [2.05, 4.69) is 20.9 Å². The van der Waals surface area contributed by atoms with E-state index in [0.717, 1.165) is 16.5 Å². The first-order valence-corrected chi connectivity index (χ1v) is 12.8. The number of hydrogen-bond donors (Lipinski definition) is 7. The van der Waals surface area contributed by atoms with E-state index in [1.54, 1.807) is 36.5 Å². The zero-order valence-corrected chi connectivity index (χ0v) is 22.1. The summed E-state index contributed by atoms with van der Waals surface area (Å²) in [5, 5.41) is 17.9. The lowest BCUT2D eigenvalue weighted by atomic mass is 10.0. The average Bonchev–Trinajstić information content (AvgIpc) is 3.33. The van der Waals surface area contributed by atoms with Gasteiger partial charge in [0.1, 0.15) is 18.1 Å². The maximum Gasteiger partial charge on any atom is 0.326 e. The van der Waals surface area contributed by atoms with Gasteiger partial charge in [0.05, 0.1) is 6.04 Å². The third-order valence-electron chi connectivity index (χ3n) is 6.41. The molecule has 0 radical (unpaired) electrons. The van der Waals surface area contributed by atoms with Crippen LogP contribution in [0, 0.1) is 0 Å². The maximum absolute atomic E-state index is 13.0. The van der Waals surface area contributed by atoms with Gasteiger partial charge in [-0.05, 0) is 37.0 Å². The first kappa shape index (κ1) is 29.8. The number of para-hydroxylation sites is 1. The van der Waals surface area contributed by atoms with Gasteiger partial charge >= 0.3 is 5.97 Å². The van der Waals surface area contributed by atoms with Gasteiger partial charge in [0.2, 0.25) is 23.6 Å². The highest BCUT2D eigenvalue weighted by molar-refractivity contribution is 5.94. The molecule has 212 valence electrons. The van der Waals surface area contributed by atoms with Gasteiger partial charge in [-0.3, -0.25) is 19.2 Å². The van der Waals surface area contributed by atoms with Crippen LogP contribution in [-0.2, 0) is 36.8 Å². The van der Waals surface area contributed by atoms with Gasteiger partial charge in [-0.15, -0.1) is 0 Å². The smallest absolute Gasteiger partial charge is 0.326 e. The Morgan fingerprint density at radius 3 is 2.17 bits per heavy atom. The standard InChI is InChI=1S/C28H34N6O6/c1-16(25(36)34-23(28(39)40)13-17-7-3-2-4-8-17)32-27(38)22(11-12-24(30)35)33-26(37)20(29)14-18-15-31-21-10-6-5-9-19(18)21/h2-10,15-16,20,22-23,31H,11-14,29H2,1H3,(H2,30,35)(H,32,38)(H,33,37)(H,34,36)(H,39,40). The molecule has 40 heavy (non-hydrogen) atoms. The molecule has 12 nitrogen and oxygen atoms in total. The Morgan fingerprint density at radius 1 is 0.850 bits per heavy atom. The van der Waals surface area contributed by atoms with Gasteiger partial charge in [-0.1, -0.05) is 48.5 Å². The third-order valence-corrected chi connectivity index (χ3v) is 6.41. The van der Waals surface area contributed by atoms with E-state index in [1.165, 1.54) is 6.92 Å². The molecule has 9 N–H and O–H groups in total. The average molecular weight is 551 g/mol. The van der Waals surface area contributed by atoms with Crippen LogP contribution in [0.15, 0.2) is 60.8 Å². The van der Waals surface area contributed by atoms with Crippen molar-refractivity contribution in [2.24, 2.45) is 11.5 Å². The summed E-state index contributed by atoms with van der Waals surface area (Å²) in [6.45, 7) is 1.38. The summed E-state index contributed by atoms with van der Waals surface area (Å²) < 4.78 is 0. The van der Waals surface area contributed by atoms with Crippen LogP contribution in [0.25, 0.3) is 10.9 Å². The number of nitrogens with two attached hydrogens (primary N) is 2. The first-order chi connectivity index (χ1) is 19.0. The van der Waals surface area contributed by atoms with E-state index in [0.29, 0.717) is 5.56 Å². The minimum atomic E-state index is -1.23. The van der Waals surface area contributed by atoms with Crippen LogP contribution in [0.3, 0.4) is 0 Å². The van der Waals surface area contributed by atoms with Crippen molar-refractivity contribution < 1.29 is 29.1 Å². The summed E-state index contributed by atoms with van der Waals surface area (Å²) >= 11 is 0. The van der Waals surface area contributed by atoms with Gasteiger partial charge in [0, 0.05) is 29.9 Å². The van der Waals surface area contributed by atoms with Gasteiger partial charge < -0.3 is 37.5 Å². The maximum atomic E-state index is 13.0. The van der Waals surface area contributed by atoms with E-state index in [-0.39, 0.29) is 25.7 Å². The fourth-order valence-corrected chi connectivity index (χ4v) is 4.19. The predicted octanol–water partition coefficient (Wildman–Crippen LogP) is 0.105. The molecule has 0 bridgehead atoms. The molecular weight excluding hydrogens is 516 g/mol. The summed E-state index contributed by atoms with van der Waals surface area (Å²) in [6.07, 6.45) is 1.68. The number of nitrogens with one attached hydrogen (secondary N) is 4. The number of aromatic amines is 1. The number of carboxylic acid groups (broad SMARTS) is 1. The molecule has 0 saturated heterocycles. The molecule has 0 aliphatic rings. The zero-order chi connectivity index (χ0) is 29.2. The summed E-state index contributed by atoms with van der Waals surface area (Å²) in [4.78, 5) is 64.8. The summed E-state index contributed by atoms with van der Waals surface area (Å²) in [5.41, 5.74) is 13.8. The van der Waals surface area contributed by atoms with E-state index in [4.69, 9.17) is 11.5 Å². The number of carboxylic acids is 1. The molecule has 4 atom stereocenters. The molecule has 12 heteroatoms. The zero-order valence-electron chi connectivity index (χ0n) is 22.1. The fraction of sp³-hybridized carbons (Fsp3) is 0.321. The molecule has 1 heterocycles. The van der Waals surface area contributed by atoms with Crippen molar-refractivity contribution in [1.82, 2.24) is 20.9 Å². The summed E-state index contributed by atoms with van der Waals surface area (Å²) in [7, 11) is 0. The molecule has 4 amide bonds. The van der Waals surface area contributed by atoms with Crippen molar-refractivity contribution in [3.8, 4) is 0 Å². The SMILES string of the molecule is CC(NC(=O)C(CCC(N)=O)NC(=O)C(N)Cc1c[nH]c2ccccc12)C(=O)NC(Cc1ccccc1)C(=O)O. The van der Waals surface area contributed by atoms with Crippen LogP contribution < -0.4 is 27.4 Å². The molecule has 3 rings (SSSR count). The van der Waals surface area contributed by atoms with Crippen LogP contribution in [0.4, 0.5) is 0 Å². The highest BCUT2D eigenvalue weighted by Gasteiger charge is 2.29. The largest absolute Gasteiger partial charge is 0.480 e. The van der Waals surface area contributed by atoms with E-state index >= 15 is 0 Å². The molecule has 0 fully saturated rings. The summed E-state index contributed by atoms with van der Waals surface area (Å²) in [6, 6.07) is 11.8. The van der Waals surface area contributed by atoms with Crippen molar-refractivity contribution in [1.29, 1.82) is 0 Å². The molecule has 0 spiro atoms. The van der Waals surface area contributed by atoms with Gasteiger partial charge in [0.25, 0.3) is 0 Å². The number of carbonyl (C=O) groups excluding carboxylic acids is 4. The second-order valence-electron chi connectivity index (χ2n) is 9.56. The molecule has 0 aliphatic carbocycles. The predicted molar refractivity (Wildman–Crippen MR) is 148 cm³/mol. The Kier molecular flexibility index (Phi) is 10.4. The lowest BCUT2D eigenvalue weighted by molar-refractivity contribution is -0.142. The van der Waals surface area contributed by atoms with Gasteiger partial charge in [0.15, 0.2) is 0 Å². The highest BCUT2D eigenvalue weighted by atomic mass is 16.4. The van der Waals surface area contributed by atoms with Gasteiger partial charge in [-0.2, -0.15) is 0 Å². The van der Waals surface area contributed by atoms with E-state index < -0.39 is 53.8 Å². The van der Waals surface area contributed by atoms with Crippen molar-refractivity contribution in [2.45, 2.75) is 56.8 Å². The van der Waals surface area contributed by atoms with Crippen LogP contribution in [0.1, 0.15) is 30.9 Å². The molecule has 0 saturated carbocycles. The number of aliphatic carboxylic acids is 1. The molecule has 0 aliphatic heterocycles. The number of primary amides is 1. The Hall–Kier alpha value is -4.71. The topological polar surface area (TPSA) is 209 Å². The number of rotatable bonds is 14. The fourth-order valence-electron chi connectivity index (χ4n) is 4.19. The monoisotopic (exact) mass is 550 g/mol. The van der Waals surface area contributed by atoms with Crippen LogP contribution in [0.5, 0.6) is 0 Å². The number of fused-ring (bicyclic) bond motifs is 1. The normalized spacial score (nSPS) is 13.9. The number of carbonyl (C=O) groups is 5. The Bertz CT molecular complexity index is 1360. The molecular formula is C28H34N6O6. The number of benzene rings is 2. The Labute approximate surface area is 230 Å². The lowest BCUT2D eigenvalue weighted by Crippen LogP contribution is -2.56. The molecule has 3 aromatic rings. The number of amides is 4. The minimum absolute atomic E-state index is 0.0498. The number of hydrogen-bond acceptors (Lipinski definition) is 6. The van der Waals surface area contributed by atoms with Crippen molar-refractivity contribution in [2.75, 3.05) is 0 Å². The molecule has 1 aromatic heterocycles. The Balaban J connectivity index is 1.62. The Morgan fingerprint density at radius 2 is 1.50 bits per heavy atom. The quantitative estimate of drug-likeness (QED) is 0.147. The van der Waals surface area contributed by atoms with Crippen molar-refractivity contribution in [3.63, 3.8) is 0 Å². The van der Waals surface area contributed by atoms with Crippen LogP contribution in [0.2, 0.25) is 0 Å². The number of H-pyrrole nitrogens is 1. The second-order valence-corrected chi connectivity index (χ2v) is 9.56. The minimum Gasteiger partial charge on any atom is -0.480 e. The highest BCUT2D eigenvalue weighted by Crippen LogP contribution is 2.19. The van der Waals surface area contributed by atoms with Crippen molar-refractivity contribution in [3.05, 3.63) is 71.9 Å².